The monoisotopic (exact) mass is 657 g/mol. The summed E-state index contributed by atoms with van der Waals surface area (Å²) in [7, 11) is 2.26. The van der Waals surface area contributed by atoms with Gasteiger partial charge in [0.1, 0.15) is 18.5 Å². The second-order valence-electron chi connectivity index (χ2n) is 13.9. The summed E-state index contributed by atoms with van der Waals surface area (Å²) in [4.78, 5) is 2.50. The Morgan fingerprint density at radius 3 is 1.27 bits per heavy atom. The molecule has 51 heavy (non-hydrogen) atoms. The lowest BCUT2D eigenvalue weighted by Gasteiger charge is -2.30. The summed E-state index contributed by atoms with van der Waals surface area (Å²) in [6, 6.07) is 64.3. The molecule has 5 heteroatoms. The van der Waals surface area contributed by atoms with Gasteiger partial charge in [0, 0.05) is 32.9 Å². The maximum Gasteiger partial charge on any atom is 0.119 e. The number of fused-ring (bicyclic) bond motifs is 7. The van der Waals surface area contributed by atoms with Crippen molar-refractivity contribution >= 4 is 43.6 Å². The minimum absolute atomic E-state index is 0.126. The number of benzene rings is 7. The molecule has 2 aromatic heterocycles. The summed E-state index contributed by atoms with van der Waals surface area (Å²) in [5.74, 6) is 0. The zero-order valence-electron chi connectivity index (χ0n) is 28.2. The van der Waals surface area contributed by atoms with Gasteiger partial charge in [-0.1, -0.05) is 127 Å². The van der Waals surface area contributed by atoms with Crippen LogP contribution in [0.5, 0.6) is 0 Å². The summed E-state index contributed by atoms with van der Waals surface area (Å²) in [6.07, 6.45) is 0.543. The Hall–Kier alpha value is -5.98. The van der Waals surface area contributed by atoms with E-state index in [1.54, 1.807) is 0 Å². The molecule has 0 aliphatic carbocycles. The topological polar surface area (TPSA) is 19.1 Å². The number of hydrogen-bond acceptors (Lipinski definition) is 3. The van der Waals surface area contributed by atoms with Crippen LogP contribution in [-0.2, 0) is 0 Å². The number of hydrogen-bond donors (Lipinski definition) is 0. The van der Waals surface area contributed by atoms with Gasteiger partial charge in [-0.25, -0.2) is 0 Å². The highest BCUT2D eigenvalue weighted by Gasteiger charge is 2.63. The highest BCUT2D eigenvalue weighted by molar-refractivity contribution is 6.12. The SMILES string of the molecule is CN1C(c2ccccc2)N2C(c3ccccc3)N2C1c1ccc(-n2c3ccccc3c3cc(-n4c5ccccc5c5ccccc54)ccc32)cc1. The van der Waals surface area contributed by atoms with Crippen LogP contribution in [0.2, 0.25) is 0 Å². The average Bonchev–Trinajstić information content (AvgIpc) is 3.50. The van der Waals surface area contributed by atoms with Gasteiger partial charge in [0.25, 0.3) is 0 Å². The fraction of sp³-hybridized carbons (Fsp3) is 0.0870. The molecule has 9 aromatic rings. The summed E-state index contributed by atoms with van der Waals surface area (Å²) in [6.45, 7) is 0. The lowest BCUT2D eigenvalue weighted by atomic mass is 10.1. The van der Waals surface area contributed by atoms with Crippen LogP contribution in [0.15, 0.2) is 176 Å². The number of nitrogens with zero attached hydrogens (tertiary/aromatic N) is 5. The second-order valence-corrected chi connectivity index (χ2v) is 13.9. The van der Waals surface area contributed by atoms with Gasteiger partial charge in [-0.05, 0) is 72.3 Å². The van der Waals surface area contributed by atoms with Crippen LogP contribution in [0.25, 0.3) is 55.0 Å². The third-order valence-corrected chi connectivity index (χ3v) is 11.1. The number of rotatable bonds is 5. The van der Waals surface area contributed by atoms with Crippen LogP contribution in [0.4, 0.5) is 0 Å². The Bertz CT molecular complexity index is 2690. The molecule has 0 N–H and O–H groups in total. The summed E-state index contributed by atoms with van der Waals surface area (Å²) >= 11 is 0. The van der Waals surface area contributed by atoms with Gasteiger partial charge >= 0.3 is 0 Å². The van der Waals surface area contributed by atoms with Crippen molar-refractivity contribution in [3.63, 3.8) is 0 Å². The molecule has 5 unspecified atom stereocenters. The van der Waals surface area contributed by atoms with Crippen molar-refractivity contribution in [3.8, 4) is 11.4 Å². The van der Waals surface area contributed by atoms with E-state index >= 15 is 0 Å². The van der Waals surface area contributed by atoms with E-state index in [9.17, 15) is 0 Å². The first-order valence-corrected chi connectivity index (χ1v) is 17.8. The fourth-order valence-electron chi connectivity index (χ4n) is 8.93. The van der Waals surface area contributed by atoms with Crippen LogP contribution in [0.3, 0.4) is 0 Å². The smallest absolute Gasteiger partial charge is 0.119 e. The molecule has 5 atom stereocenters. The molecule has 244 valence electrons. The van der Waals surface area contributed by atoms with Crippen LogP contribution in [0, 0.1) is 0 Å². The predicted molar refractivity (Wildman–Crippen MR) is 208 cm³/mol. The molecule has 2 aliphatic heterocycles. The molecule has 0 saturated carbocycles. The first kappa shape index (κ1) is 28.8. The molecule has 0 spiro atoms. The van der Waals surface area contributed by atoms with Crippen molar-refractivity contribution in [3.05, 3.63) is 193 Å². The van der Waals surface area contributed by atoms with E-state index < -0.39 is 0 Å². The van der Waals surface area contributed by atoms with E-state index in [1.165, 1.54) is 66.0 Å². The standard InChI is InChI=1S/C46H35N5/c1-47-44(31-14-4-2-5-15-31)50-46(32-16-6-3-7-17-32)51(50)45(47)33-24-26-34(27-25-33)48-42-23-13-10-20-38(42)39-30-35(28-29-43(39)48)49-40-21-11-8-18-36(40)37-19-9-12-22-41(37)49/h2-30,44-46H,1H3. The quantitative estimate of drug-likeness (QED) is 0.172. The molecule has 2 aliphatic rings. The lowest BCUT2D eigenvalue weighted by Crippen LogP contribution is -2.30. The molecule has 7 aromatic carbocycles. The minimum Gasteiger partial charge on any atom is -0.309 e. The highest BCUT2D eigenvalue weighted by Crippen LogP contribution is 2.61. The highest BCUT2D eigenvalue weighted by atomic mass is 16.0. The van der Waals surface area contributed by atoms with Gasteiger partial charge < -0.3 is 9.13 Å². The largest absolute Gasteiger partial charge is 0.309 e. The molecule has 11 rings (SSSR count). The van der Waals surface area contributed by atoms with Gasteiger partial charge in [0.2, 0.25) is 0 Å². The Morgan fingerprint density at radius 1 is 0.333 bits per heavy atom. The van der Waals surface area contributed by atoms with Crippen LogP contribution in [0.1, 0.15) is 35.2 Å². The fourth-order valence-corrected chi connectivity index (χ4v) is 8.93. The normalized spacial score (nSPS) is 21.5. The average molecular weight is 658 g/mol. The van der Waals surface area contributed by atoms with E-state index in [4.69, 9.17) is 0 Å². The second kappa shape index (κ2) is 11.0. The molecule has 0 amide bonds. The number of hydrazine groups is 1. The van der Waals surface area contributed by atoms with Crippen LogP contribution in [-0.4, -0.2) is 31.1 Å². The van der Waals surface area contributed by atoms with Crippen molar-refractivity contribution in [2.24, 2.45) is 0 Å². The van der Waals surface area contributed by atoms with Gasteiger partial charge in [-0.3, -0.25) is 4.90 Å². The predicted octanol–water partition coefficient (Wildman–Crippen LogP) is 10.8. The van der Waals surface area contributed by atoms with Crippen LogP contribution < -0.4 is 0 Å². The Kier molecular flexibility index (Phi) is 6.22. The Morgan fingerprint density at radius 2 is 0.725 bits per heavy atom. The van der Waals surface area contributed by atoms with E-state index in [0.29, 0.717) is 0 Å². The molecule has 4 heterocycles. The molecule has 2 fully saturated rings. The van der Waals surface area contributed by atoms with Crippen molar-refractivity contribution in [2.45, 2.75) is 18.5 Å². The zero-order chi connectivity index (χ0) is 33.6. The van der Waals surface area contributed by atoms with Crippen LogP contribution >= 0.6 is 0 Å². The minimum atomic E-state index is 0.126. The lowest BCUT2D eigenvalue weighted by molar-refractivity contribution is 0.144. The maximum absolute atomic E-state index is 2.54. The zero-order valence-corrected chi connectivity index (χ0v) is 28.2. The molecular weight excluding hydrogens is 623 g/mol. The van der Waals surface area contributed by atoms with Gasteiger partial charge in [-0.2, -0.15) is 10.0 Å². The molecule has 2 saturated heterocycles. The van der Waals surface area contributed by atoms with Gasteiger partial charge in [0.15, 0.2) is 0 Å². The first-order chi connectivity index (χ1) is 25.3. The van der Waals surface area contributed by atoms with Gasteiger partial charge in [-0.15, -0.1) is 0 Å². The third kappa shape index (κ3) is 4.20. The maximum atomic E-state index is 2.54. The van der Waals surface area contributed by atoms with Crippen molar-refractivity contribution < 1.29 is 0 Å². The van der Waals surface area contributed by atoms with Crippen molar-refractivity contribution in [1.29, 1.82) is 0 Å². The first-order valence-electron chi connectivity index (χ1n) is 17.8. The molecular formula is C46H35N5. The Labute approximate surface area is 296 Å². The summed E-state index contributed by atoms with van der Waals surface area (Å²) in [5, 5.41) is 10.1. The molecule has 0 radical (unpaired) electrons. The van der Waals surface area contributed by atoms with E-state index in [1.807, 2.05) is 0 Å². The van der Waals surface area contributed by atoms with Gasteiger partial charge in [0.05, 0.1) is 22.1 Å². The number of aromatic nitrogens is 2. The van der Waals surface area contributed by atoms with E-state index in [-0.39, 0.29) is 18.5 Å². The Balaban J connectivity index is 1.01. The van der Waals surface area contributed by atoms with E-state index in [2.05, 4.69) is 207 Å². The third-order valence-electron chi connectivity index (χ3n) is 11.1. The number of para-hydroxylation sites is 3. The van der Waals surface area contributed by atoms with Crippen molar-refractivity contribution in [2.75, 3.05) is 7.05 Å². The molecule has 5 nitrogen and oxygen atoms in total. The molecule has 0 bridgehead atoms. The van der Waals surface area contributed by atoms with Crippen molar-refractivity contribution in [1.82, 2.24) is 24.1 Å². The van der Waals surface area contributed by atoms with E-state index in [0.717, 1.165) is 5.69 Å². The summed E-state index contributed by atoms with van der Waals surface area (Å²) < 4.78 is 4.83. The summed E-state index contributed by atoms with van der Waals surface area (Å²) in [5.41, 5.74) is 11.1.